The Morgan fingerprint density at radius 1 is 1.14 bits per heavy atom. The number of aliphatic hydroxyl groups is 1. The van der Waals surface area contributed by atoms with Crippen molar-refractivity contribution in [1.82, 2.24) is 0 Å². The summed E-state index contributed by atoms with van der Waals surface area (Å²) in [5, 5.41) is 12.7. The van der Waals surface area contributed by atoms with Crippen molar-refractivity contribution < 1.29 is 28.1 Å². The SMILES string of the molecule is CCOCCOCC(O)CNc1ccc(OC(F)F)cc1. The van der Waals surface area contributed by atoms with Gasteiger partial charge in [0.05, 0.1) is 25.9 Å². The second-order valence-electron chi connectivity index (χ2n) is 4.21. The molecule has 7 heteroatoms. The highest BCUT2D eigenvalue weighted by atomic mass is 19.3. The zero-order chi connectivity index (χ0) is 15.5. The highest BCUT2D eigenvalue weighted by Crippen LogP contribution is 2.17. The van der Waals surface area contributed by atoms with E-state index in [-0.39, 0.29) is 12.4 Å². The Bertz CT molecular complexity index is 376. The third-order valence-corrected chi connectivity index (χ3v) is 2.51. The van der Waals surface area contributed by atoms with Gasteiger partial charge in [-0.2, -0.15) is 8.78 Å². The van der Waals surface area contributed by atoms with Gasteiger partial charge in [-0.1, -0.05) is 0 Å². The van der Waals surface area contributed by atoms with Crippen LogP contribution in [0.25, 0.3) is 0 Å². The van der Waals surface area contributed by atoms with Crippen LogP contribution in [0, 0.1) is 0 Å². The summed E-state index contributed by atoms with van der Waals surface area (Å²) in [4.78, 5) is 0. The number of rotatable bonds is 11. The third kappa shape index (κ3) is 8.44. The molecule has 0 saturated carbocycles. The molecule has 0 aliphatic heterocycles. The van der Waals surface area contributed by atoms with Crippen LogP contribution in [0.3, 0.4) is 0 Å². The van der Waals surface area contributed by atoms with Gasteiger partial charge in [-0.15, -0.1) is 0 Å². The van der Waals surface area contributed by atoms with E-state index in [0.29, 0.717) is 32.1 Å². The molecule has 0 amide bonds. The number of hydrogen-bond donors (Lipinski definition) is 2. The standard InChI is InChI=1S/C14H21F2NO4/c1-2-19-7-8-20-10-12(18)9-17-11-3-5-13(6-4-11)21-14(15)16/h3-6,12,14,17-18H,2,7-10H2,1H3. The fourth-order valence-corrected chi connectivity index (χ4v) is 1.53. The van der Waals surface area contributed by atoms with Gasteiger partial charge in [0.25, 0.3) is 0 Å². The number of halogens is 2. The predicted molar refractivity (Wildman–Crippen MR) is 74.9 cm³/mol. The molecule has 2 N–H and O–H groups in total. The predicted octanol–water partition coefficient (Wildman–Crippen LogP) is 2.11. The molecule has 5 nitrogen and oxygen atoms in total. The summed E-state index contributed by atoms with van der Waals surface area (Å²) in [6.45, 7) is 1.14. The molecule has 0 aliphatic carbocycles. The van der Waals surface area contributed by atoms with Crippen molar-refractivity contribution in [3.63, 3.8) is 0 Å². The van der Waals surface area contributed by atoms with E-state index in [1.807, 2.05) is 6.92 Å². The summed E-state index contributed by atoms with van der Waals surface area (Å²) in [6.07, 6.45) is -0.663. The van der Waals surface area contributed by atoms with Gasteiger partial charge >= 0.3 is 6.61 Å². The summed E-state index contributed by atoms with van der Waals surface area (Å²) >= 11 is 0. The van der Waals surface area contributed by atoms with E-state index in [4.69, 9.17) is 9.47 Å². The maximum Gasteiger partial charge on any atom is 0.387 e. The lowest BCUT2D eigenvalue weighted by molar-refractivity contribution is -0.0498. The molecule has 1 atom stereocenters. The maximum atomic E-state index is 12.0. The Balaban J connectivity index is 2.18. The molecule has 1 aromatic carbocycles. The minimum absolute atomic E-state index is 0.0929. The zero-order valence-corrected chi connectivity index (χ0v) is 11.9. The molecule has 0 saturated heterocycles. The smallest absolute Gasteiger partial charge is 0.387 e. The quantitative estimate of drug-likeness (QED) is 0.613. The Labute approximate surface area is 122 Å². The van der Waals surface area contributed by atoms with Gasteiger partial charge in [0.15, 0.2) is 0 Å². The van der Waals surface area contributed by atoms with E-state index in [0.717, 1.165) is 0 Å². The van der Waals surface area contributed by atoms with Crippen molar-refractivity contribution in [2.45, 2.75) is 19.6 Å². The van der Waals surface area contributed by atoms with Crippen molar-refractivity contribution in [3.8, 4) is 5.75 Å². The highest BCUT2D eigenvalue weighted by Gasteiger charge is 2.06. The van der Waals surface area contributed by atoms with E-state index in [1.165, 1.54) is 12.1 Å². The van der Waals surface area contributed by atoms with Crippen LogP contribution in [-0.2, 0) is 9.47 Å². The molecule has 0 radical (unpaired) electrons. The normalized spacial score (nSPS) is 12.4. The largest absolute Gasteiger partial charge is 0.435 e. The lowest BCUT2D eigenvalue weighted by atomic mass is 10.3. The first-order valence-electron chi connectivity index (χ1n) is 6.74. The Hall–Kier alpha value is -1.44. The van der Waals surface area contributed by atoms with Crippen molar-refractivity contribution in [1.29, 1.82) is 0 Å². The molecule has 120 valence electrons. The van der Waals surface area contributed by atoms with Crippen LogP contribution in [0.5, 0.6) is 5.75 Å². The van der Waals surface area contributed by atoms with Gasteiger partial charge < -0.3 is 24.6 Å². The second kappa shape index (κ2) is 10.3. The van der Waals surface area contributed by atoms with Gasteiger partial charge in [-0.05, 0) is 31.2 Å². The molecule has 0 fully saturated rings. The van der Waals surface area contributed by atoms with Gasteiger partial charge in [0, 0.05) is 18.8 Å². The Morgan fingerprint density at radius 2 is 1.81 bits per heavy atom. The van der Waals surface area contributed by atoms with Crippen LogP contribution in [0.4, 0.5) is 14.5 Å². The number of benzene rings is 1. The summed E-state index contributed by atoms with van der Waals surface area (Å²) in [5.74, 6) is 0.0929. The molecule has 21 heavy (non-hydrogen) atoms. The third-order valence-electron chi connectivity index (χ3n) is 2.51. The summed E-state index contributed by atoms with van der Waals surface area (Å²) in [7, 11) is 0. The summed E-state index contributed by atoms with van der Waals surface area (Å²) < 4.78 is 38.5. The number of ether oxygens (including phenoxy) is 3. The minimum atomic E-state index is -2.83. The Morgan fingerprint density at radius 3 is 2.43 bits per heavy atom. The molecule has 1 unspecified atom stereocenters. The van der Waals surface area contributed by atoms with Crippen molar-refractivity contribution in [2.24, 2.45) is 0 Å². The molecule has 0 bridgehead atoms. The fraction of sp³-hybridized carbons (Fsp3) is 0.571. The topological polar surface area (TPSA) is 60.0 Å². The van der Waals surface area contributed by atoms with Crippen LogP contribution in [0.1, 0.15) is 6.92 Å². The van der Waals surface area contributed by atoms with E-state index in [1.54, 1.807) is 12.1 Å². The lowest BCUT2D eigenvalue weighted by Gasteiger charge is -2.13. The fourth-order valence-electron chi connectivity index (χ4n) is 1.53. The van der Waals surface area contributed by atoms with Gasteiger partial charge in [0.1, 0.15) is 5.75 Å². The van der Waals surface area contributed by atoms with Crippen molar-refractivity contribution >= 4 is 5.69 Å². The van der Waals surface area contributed by atoms with Crippen LogP contribution in [-0.4, -0.2) is 50.8 Å². The minimum Gasteiger partial charge on any atom is -0.435 e. The monoisotopic (exact) mass is 305 g/mol. The van der Waals surface area contributed by atoms with Crippen LogP contribution in [0.15, 0.2) is 24.3 Å². The number of aliphatic hydroxyl groups excluding tert-OH is 1. The molecule has 0 heterocycles. The highest BCUT2D eigenvalue weighted by molar-refractivity contribution is 5.46. The van der Waals surface area contributed by atoms with E-state index < -0.39 is 12.7 Å². The molecule has 0 aromatic heterocycles. The summed E-state index contributed by atoms with van der Waals surface area (Å²) in [5.41, 5.74) is 0.699. The molecule has 1 aromatic rings. The van der Waals surface area contributed by atoms with Gasteiger partial charge in [-0.3, -0.25) is 0 Å². The molecule has 1 rings (SSSR count). The number of anilines is 1. The van der Waals surface area contributed by atoms with E-state index >= 15 is 0 Å². The molecule has 0 aliphatic rings. The molecule has 0 spiro atoms. The van der Waals surface area contributed by atoms with Gasteiger partial charge in [-0.25, -0.2) is 0 Å². The first-order valence-corrected chi connectivity index (χ1v) is 6.74. The number of alkyl halides is 2. The van der Waals surface area contributed by atoms with Crippen molar-refractivity contribution in [3.05, 3.63) is 24.3 Å². The average molecular weight is 305 g/mol. The van der Waals surface area contributed by atoms with Crippen molar-refractivity contribution in [2.75, 3.05) is 38.3 Å². The Kier molecular flexibility index (Phi) is 8.65. The van der Waals surface area contributed by atoms with Gasteiger partial charge in [0.2, 0.25) is 0 Å². The van der Waals surface area contributed by atoms with Crippen LogP contribution < -0.4 is 10.1 Å². The lowest BCUT2D eigenvalue weighted by Crippen LogP contribution is -2.25. The zero-order valence-electron chi connectivity index (χ0n) is 11.9. The first kappa shape index (κ1) is 17.6. The van der Waals surface area contributed by atoms with Crippen LogP contribution >= 0.6 is 0 Å². The second-order valence-corrected chi connectivity index (χ2v) is 4.21. The maximum absolute atomic E-state index is 12.0. The van der Waals surface area contributed by atoms with E-state index in [2.05, 4.69) is 10.1 Å². The average Bonchev–Trinajstić information content (AvgIpc) is 2.46. The number of nitrogens with one attached hydrogen (secondary N) is 1. The molecular weight excluding hydrogens is 284 g/mol. The number of hydrogen-bond acceptors (Lipinski definition) is 5. The first-order chi connectivity index (χ1) is 10.1. The van der Waals surface area contributed by atoms with Crippen LogP contribution in [0.2, 0.25) is 0 Å². The summed E-state index contributed by atoms with van der Waals surface area (Å²) in [6, 6.07) is 6.06. The van der Waals surface area contributed by atoms with E-state index in [9.17, 15) is 13.9 Å². The molecular formula is C14H21F2NO4.